The van der Waals surface area contributed by atoms with Gasteiger partial charge in [0.25, 0.3) is 0 Å². The molecule has 0 saturated carbocycles. The van der Waals surface area contributed by atoms with Gasteiger partial charge in [-0.3, -0.25) is 0 Å². The van der Waals surface area contributed by atoms with Gasteiger partial charge in [-0.15, -0.1) is 11.3 Å². The topological polar surface area (TPSA) is 19.6 Å². The minimum Gasteiger partial charge on any atom is -0.456 e. The molecule has 3 nitrogen and oxygen atoms in total. The zero-order valence-corrected chi connectivity index (χ0v) is 33.6. The van der Waals surface area contributed by atoms with E-state index in [1.807, 2.05) is 41.7 Å². The lowest BCUT2D eigenvalue weighted by Gasteiger charge is -2.26. The van der Waals surface area contributed by atoms with Crippen LogP contribution in [-0.2, 0) is 0 Å². The Bertz CT molecular complexity index is 2720. The lowest BCUT2D eigenvalue weighted by molar-refractivity contribution is 0.597. The Labute approximate surface area is 355 Å². The van der Waals surface area contributed by atoms with Crippen molar-refractivity contribution >= 4 is 45.5 Å². The summed E-state index contributed by atoms with van der Waals surface area (Å²) >= 11 is 1.83. The van der Waals surface area contributed by atoms with Crippen LogP contribution >= 0.6 is 11.3 Å². The van der Waals surface area contributed by atoms with Crippen molar-refractivity contribution in [3.05, 3.63) is 243 Å². The number of hydrogen-bond donors (Lipinski definition) is 0. The van der Waals surface area contributed by atoms with Crippen LogP contribution in [0.3, 0.4) is 0 Å². The molecule has 8 aromatic carbocycles. The third kappa shape index (κ3) is 7.68. The van der Waals surface area contributed by atoms with Crippen molar-refractivity contribution in [1.29, 1.82) is 0 Å². The van der Waals surface area contributed by atoms with Crippen molar-refractivity contribution in [3.63, 3.8) is 0 Å². The number of nitrogens with zero attached hydrogens (tertiary/aromatic N) is 2. The zero-order chi connectivity index (χ0) is 40.1. The monoisotopic (exact) mass is 788 g/mol. The predicted octanol–water partition coefficient (Wildman–Crippen LogP) is 16.6. The molecule has 60 heavy (non-hydrogen) atoms. The standard InChI is InChI=1S/C56H40N2OS/c1-5-13-43(14-6-1)53-37-38-54(59-53)44-25-33-51(34-26-44)57(47-17-9-3-10-18-47)49-29-21-41(22-30-49)42-23-31-50(32-24-42)58(48-19-11-4-12-20-48)52-35-27-46(28-36-52)56-40-39-55(60-56)45-15-7-2-8-16-45/h1-40H. The molecule has 4 heteroatoms. The first kappa shape index (κ1) is 36.7. The van der Waals surface area contributed by atoms with E-state index in [4.69, 9.17) is 4.42 Å². The van der Waals surface area contributed by atoms with Crippen LogP contribution in [0.15, 0.2) is 247 Å². The second kappa shape index (κ2) is 16.7. The summed E-state index contributed by atoms with van der Waals surface area (Å²) in [4.78, 5) is 7.14. The highest BCUT2D eigenvalue weighted by atomic mass is 32.1. The number of para-hydroxylation sites is 2. The van der Waals surface area contributed by atoms with E-state index in [9.17, 15) is 0 Å². The number of anilines is 6. The van der Waals surface area contributed by atoms with Gasteiger partial charge in [0, 0.05) is 55.0 Å². The highest BCUT2D eigenvalue weighted by molar-refractivity contribution is 7.18. The molecule has 0 unspecified atom stereocenters. The van der Waals surface area contributed by atoms with Gasteiger partial charge in [-0.25, -0.2) is 0 Å². The zero-order valence-electron chi connectivity index (χ0n) is 32.8. The van der Waals surface area contributed by atoms with Crippen LogP contribution in [0.2, 0.25) is 0 Å². The first-order valence-corrected chi connectivity index (χ1v) is 21.0. The Morgan fingerprint density at radius 1 is 0.233 bits per heavy atom. The van der Waals surface area contributed by atoms with Crippen LogP contribution in [0.4, 0.5) is 34.1 Å². The number of hydrogen-bond acceptors (Lipinski definition) is 4. The Kier molecular flexibility index (Phi) is 10.2. The smallest absolute Gasteiger partial charge is 0.134 e. The summed E-state index contributed by atoms with van der Waals surface area (Å²) < 4.78 is 6.26. The van der Waals surface area contributed by atoms with Gasteiger partial charge in [-0.2, -0.15) is 0 Å². The molecule has 0 spiro atoms. The number of furan rings is 1. The molecule has 10 rings (SSSR count). The molecule has 0 aliphatic heterocycles. The van der Waals surface area contributed by atoms with E-state index in [1.54, 1.807) is 0 Å². The van der Waals surface area contributed by atoms with E-state index < -0.39 is 0 Å². The largest absolute Gasteiger partial charge is 0.456 e. The molecule has 10 aromatic rings. The van der Waals surface area contributed by atoms with E-state index in [-0.39, 0.29) is 0 Å². The minimum absolute atomic E-state index is 0.846. The summed E-state index contributed by atoms with van der Waals surface area (Å²) in [6.45, 7) is 0. The van der Waals surface area contributed by atoms with E-state index in [1.165, 1.54) is 20.9 Å². The van der Waals surface area contributed by atoms with Gasteiger partial charge < -0.3 is 14.2 Å². The average molecular weight is 789 g/mol. The van der Waals surface area contributed by atoms with Gasteiger partial charge >= 0.3 is 0 Å². The quantitative estimate of drug-likeness (QED) is 0.130. The minimum atomic E-state index is 0.846. The van der Waals surface area contributed by atoms with Gasteiger partial charge in [0.05, 0.1) is 0 Å². The third-order valence-electron chi connectivity index (χ3n) is 10.8. The van der Waals surface area contributed by atoms with Gasteiger partial charge in [0.2, 0.25) is 0 Å². The summed E-state index contributed by atoms with van der Waals surface area (Å²) in [6.07, 6.45) is 0. The maximum atomic E-state index is 6.26. The lowest BCUT2D eigenvalue weighted by atomic mass is 10.0. The van der Waals surface area contributed by atoms with Crippen molar-refractivity contribution < 1.29 is 4.42 Å². The molecule has 0 amide bonds. The molecule has 2 heterocycles. The fourth-order valence-corrected chi connectivity index (χ4v) is 8.72. The average Bonchev–Trinajstić information content (AvgIpc) is 4.04. The fraction of sp³-hybridized carbons (Fsp3) is 0. The lowest BCUT2D eigenvalue weighted by Crippen LogP contribution is -2.10. The molecule has 0 radical (unpaired) electrons. The van der Waals surface area contributed by atoms with E-state index in [0.29, 0.717) is 0 Å². The van der Waals surface area contributed by atoms with Crippen molar-refractivity contribution in [1.82, 2.24) is 0 Å². The van der Waals surface area contributed by atoms with Crippen LogP contribution in [0.5, 0.6) is 0 Å². The first-order chi connectivity index (χ1) is 29.7. The molecule has 0 saturated heterocycles. The normalized spacial score (nSPS) is 11.0. The second-order valence-corrected chi connectivity index (χ2v) is 15.7. The molecular weight excluding hydrogens is 749 g/mol. The van der Waals surface area contributed by atoms with Crippen molar-refractivity contribution in [3.8, 4) is 54.7 Å². The molecule has 0 bridgehead atoms. The Hall–Kier alpha value is -7.66. The molecular formula is C56H40N2OS. The summed E-state index contributed by atoms with van der Waals surface area (Å²) in [5.41, 5.74) is 13.4. The predicted molar refractivity (Wildman–Crippen MR) is 253 cm³/mol. The summed E-state index contributed by atoms with van der Waals surface area (Å²) in [5.74, 6) is 1.71. The van der Waals surface area contributed by atoms with Crippen LogP contribution < -0.4 is 9.80 Å². The maximum Gasteiger partial charge on any atom is 0.134 e. The molecule has 286 valence electrons. The van der Waals surface area contributed by atoms with E-state index in [2.05, 4.69) is 222 Å². The number of rotatable bonds is 11. The fourth-order valence-electron chi connectivity index (χ4n) is 7.71. The van der Waals surface area contributed by atoms with Crippen LogP contribution in [0.1, 0.15) is 0 Å². The molecule has 0 fully saturated rings. The van der Waals surface area contributed by atoms with Crippen molar-refractivity contribution in [2.75, 3.05) is 9.80 Å². The molecule has 0 atom stereocenters. The van der Waals surface area contributed by atoms with Gasteiger partial charge in [-0.1, -0.05) is 133 Å². The number of benzene rings is 8. The molecule has 0 N–H and O–H groups in total. The van der Waals surface area contributed by atoms with Crippen molar-refractivity contribution in [2.24, 2.45) is 0 Å². The number of thiophene rings is 1. The Balaban J connectivity index is 0.899. The summed E-state index contributed by atoms with van der Waals surface area (Å²) in [5, 5.41) is 0. The maximum absolute atomic E-state index is 6.26. The molecule has 0 aliphatic rings. The van der Waals surface area contributed by atoms with Crippen LogP contribution in [-0.4, -0.2) is 0 Å². The van der Waals surface area contributed by atoms with Crippen LogP contribution in [0, 0.1) is 0 Å². The van der Waals surface area contributed by atoms with Gasteiger partial charge in [0.1, 0.15) is 11.5 Å². The van der Waals surface area contributed by atoms with E-state index in [0.717, 1.165) is 67.9 Å². The molecule has 0 aliphatic carbocycles. The highest BCUT2D eigenvalue weighted by Crippen LogP contribution is 2.41. The summed E-state index contributed by atoms with van der Waals surface area (Å²) in [7, 11) is 0. The van der Waals surface area contributed by atoms with Crippen molar-refractivity contribution in [2.45, 2.75) is 0 Å². The second-order valence-electron chi connectivity index (χ2n) is 14.6. The highest BCUT2D eigenvalue weighted by Gasteiger charge is 2.16. The summed E-state index contributed by atoms with van der Waals surface area (Å²) in [6, 6.07) is 85.6. The Morgan fingerprint density at radius 3 is 0.917 bits per heavy atom. The first-order valence-electron chi connectivity index (χ1n) is 20.2. The van der Waals surface area contributed by atoms with Crippen LogP contribution in [0.25, 0.3) is 54.7 Å². The SMILES string of the molecule is c1ccc(-c2ccc(-c3ccc(N(c4ccccc4)c4ccc(-c5ccc(N(c6ccccc6)c6ccc(-c7ccc(-c8ccccc8)s7)cc6)cc5)cc4)cc3)o2)cc1. The Morgan fingerprint density at radius 2 is 0.517 bits per heavy atom. The van der Waals surface area contributed by atoms with Gasteiger partial charge in [0.15, 0.2) is 0 Å². The third-order valence-corrected chi connectivity index (χ3v) is 11.9. The van der Waals surface area contributed by atoms with Gasteiger partial charge in [-0.05, 0) is 131 Å². The van der Waals surface area contributed by atoms with E-state index >= 15 is 0 Å². The molecule has 2 aromatic heterocycles.